The number of para-hydroxylation sites is 2. The van der Waals surface area contributed by atoms with Crippen molar-refractivity contribution in [3.63, 3.8) is 0 Å². The van der Waals surface area contributed by atoms with Crippen LogP contribution in [0.25, 0.3) is 6.08 Å². The van der Waals surface area contributed by atoms with E-state index in [1.54, 1.807) is 48.7 Å². The van der Waals surface area contributed by atoms with Gasteiger partial charge in [0.1, 0.15) is 6.04 Å². The third kappa shape index (κ3) is 2.78. The predicted molar refractivity (Wildman–Crippen MR) is 83.9 cm³/mol. The Morgan fingerprint density at radius 3 is 2.70 bits per heavy atom. The van der Waals surface area contributed by atoms with Crippen molar-refractivity contribution in [2.75, 3.05) is 4.90 Å². The fourth-order valence-corrected chi connectivity index (χ4v) is 2.31. The monoisotopic (exact) mass is 310 g/mol. The van der Waals surface area contributed by atoms with Gasteiger partial charge in [0.2, 0.25) is 0 Å². The van der Waals surface area contributed by atoms with Gasteiger partial charge in [-0.3, -0.25) is 14.7 Å². The molecule has 2 heterocycles. The molecule has 1 aliphatic heterocycles. The molecule has 0 fully saturated rings. The van der Waals surface area contributed by atoms with Gasteiger partial charge in [-0.05, 0) is 31.2 Å². The van der Waals surface area contributed by atoms with E-state index >= 15 is 0 Å². The molecule has 6 heteroatoms. The van der Waals surface area contributed by atoms with Gasteiger partial charge in [0.15, 0.2) is 11.5 Å². The molecule has 1 amide bonds. The Bertz CT molecular complexity index is 786. The van der Waals surface area contributed by atoms with E-state index in [0.717, 1.165) is 0 Å². The zero-order valence-corrected chi connectivity index (χ0v) is 12.3. The van der Waals surface area contributed by atoms with Crippen molar-refractivity contribution in [1.29, 1.82) is 0 Å². The smallest absolute Gasteiger partial charge is 0.326 e. The number of carbonyl (C=O) groups is 2. The first-order chi connectivity index (χ1) is 11.1. The molecule has 1 aromatic heterocycles. The van der Waals surface area contributed by atoms with Crippen molar-refractivity contribution in [2.45, 2.75) is 13.0 Å². The van der Waals surface area contributed by atoms with Crippen molar-refractivity contribution in [3.8, 4) is 5.75 Å². The quantitative estimate of drug-likeness (QED) is 0.880. The number of benzene rings is 1. The van der Waals surface area contributed by atoms with Crippen molar-refractivity contribution in [2.24, 2.45) is 0 Å². The number of ether oxygens (including phenoxy) is 1. The number of hydrogen-bond donors (Lipinski definition) is 1. The highest BCUT2D eigenvalue weighted by Gasteiger charge is 2.36. The number of fused-ring (bicyclic) bond motifs is 1. The molecule has 1 unspecified atom stereocenters. The fourth-order valence-electron chi connectivity index (χ4n) is 2.31. The van der Waals surface area contributed by atoms with Gasteiger partial charge in [0.25, 0.3) is 5.91 Å². The van der Waals surface area contributed by atoms with Crippen LogP contribution in [0, 0.1) is 0 Å². The van der Waals surface area contributed by atoms with Crippen LogP contribution in [0.3, 0.4) is 0 Å². The van der Waals surface area contributed by atoms with Crippen LogP contribution in [0.2, 0.25) is 0 Å². The van der Waals surface area contributed by atoms with Gasteiger partial charge in [-0.2, -0.15) is 0 Å². The first kappa shape index (κ1) is 14.8. The van der Waals surface area contributed by atoms with Crippen LogP contribution in [0.4, 0.5) is 5.69 Å². The number of pyridine rings is 1. The van der Waals surface area contributed by atoms with E-state index in [4.69, 9.17) is 4.74 Å². The van der Waals surface area contributed by atoms with Crippen LogP contribution in [0.1, 0.15) is 12.6 Å². The summed E-state index contributed by atoms with van der Waals surface area (Å²) in [5.41, 5.74) is 0.990. The molecule has 6 nitrogen and oxygen atoms in total. The lowest BCUT2D eigenvalue weighted by Gasteiger charge is -2.32. The summed E-state index contributed by atoms with van der Waals surface area (Å²) in [5, 5.41) is 9.29. The van der Waals surface area contributed by atoms with Crippen LogP contribution in [-0.4, -0.2) is 28.0 Å². The SMILES string of the molecule is CC(C(=O)O)N1C(=O)/C(=C\c2ccccn2)Oc2ccccc21. The summed E-state index contributed by atoms with van der Waals surface area (Å²) < 4.78 is 5.65. The highest BCUT2D eigenvalue weighted by atomic mass is 16.5. The standard InChI is InChI=1S/C17H14N2O4/c1-11(17(21)22)19-13-7-2-3-8-14(13)23-15(16(19)20)10-12-6-4-5-9-18-12/h2-11H,1H3,(H,21,22)/b15-10+. The van der Waals surface area contributed by atoms with E-state index in [2.05, 4.69) is 4.98 Å². The molecular formula is C17H14N2O4. The molecular weight excluding hydrogens is 296 g/mol. The molecule has 1 aliphatic rings. The summed E-state index contributed by atoms with van der Waals surface area (Å²) in [6, 6.07) is 11.1. The Morgan fingerprint density at radius 1 is 1.26 bits per heavy atom. The summed E-state index contributed by atoms with van der Waals surface area (Å²) in [5.74, 6) is -1.13. The number of rotatable bonds is 3. The molecule has 0 radical (unpaired) electrons. The lowest BCUT2D eigenvalue weighted by atomic mass is 10.1. The second kappa shape index (κ2) is 5.92. The minimum Gasteiger partial charge on any atom is -0.480 e. The molecule has 1 aromatic carbocycles. The molecule has 3 rings (SSSR count). The number of carboxylic acid groups (broad SMARTS) is 1. The van der Waals surface area contributed by atoms with Crippen molar-refractivity contribution in [1.82, 2.24) is 4.98 Å². The third-order valence-electron chi connectivity index (χ3n) is 3.49. The summed E-state index contributed by atoms with van der Waals surface area (Å²) >= 11 is 0. The van der Waals surface area contributed by atoms with Crippen LogP contribution < -0.4 is 9.64 Å². The Balaban J connectivity index is 2.08. The number of aromatic nitrogens is 1. The maximum absolute atomic E-state index is 12.7. The first-order valence-electron chi connectivity index (χ1n) is 7.04. The highest BCUT2D eigenvalue weighted by molar-refractivity contribution is 6.12. The maximum Gasteiger partial charge on any atom is 0.326 e. The van der Waals surface area contributed by atoms with Crippen molar-refractivity contribution < 1.29 is 19.4 Å². The minimum atomic E-state index is -1.09. The van der Waals surface area contributed by atoms with Crippen LogP contribution in [0.5, 0.6) is 5.75 Å². The lowest BCUT2D eigenvalue weighted by molar-refractivity contribution is -0.139. The topological polar surface area (TPSA) is 79.7 Å². The number of carboxylic acids is 1. The first-order valence-corrected chi connectivity index (χ1v) is 7.04. The number of anilines is 1. The summed E-state index contributed by atoms with van der Waals surface area (Å²) in [4.78, 5) is 29.4. The van der Waals surface area contributed by atoms with Crippen molar-refractivity contribution >= 4 is 23.6 Å². The van der Waals surface area contributed by atoms with Gasteiger partial charge in [-0.15, -0.1) is 0 Å². The second-order valence-electron chi connectivity index (χ2n) is 5.02. The number of aliphatic carboxylic acids is 1. The number of amides is 1. The van der Waals surface area contributed by atoms with Crippen LogP contribution >= 0.6 is 0 Å². The van der Waals surface area contributed by atoms with E-state index < -0.39 is 17.9 Å². The normalized spacial score (nSPS) is 16.7. The van der Waals surface area contributed by atoms with Crippen LogP contribution in [0.15, 0.2) is 54.4 Å². The lowest BCUT2D eigenvalue weighted by Crippen LogP contribution is -2.47. The molecule has 0 bridgehead atoms. The van der Waals surface area contributed by atoms with Crippen LogP contribution in [-0.2, 0) is 9.59 Å². The largest absolute Gasteiger partial charge is 0.480 e. The maximum atomic E-state index is 12.7. The average molecular weight is 310 g/mol. The Morgan fingerprint density at radius 2 is 2.00 bits per heavy atom. The van der Waals surface area contributed by atoms with Gasteiger partial charge in [0.05, 0.1) is 11.4 Å². The van der Waals surface area contributed by atoms with E-state index in [9.17, 15) is 14.7 Å². The highest BCUT2D eigenvalue weighted by Crippen LogP contribution is 2.36. The van der Waals surface area contributed by atoms with Gasteiger partial charge in [0, 0.05) is 12.3 Å². The summed E-state index contributed by atoms with van der Waals surface area (Å²) in [6.07, 6.45) is 3.10. The molecule has 2 aromatic rings. The Hall–Kier alpha value is -3.15. The van der Waals surface area contributed by atoms with Gasteiger partial charge in [-0.25, -0.2) is 4.79 Å². The molecule has 0 saturated heterocycles. The molecule has 1 N–H and O–H groups in total. The average Bonchev–Trinajstić information content (AvgIpc) is 2.56. The van der Waals surface area contributed by atoms with Gasteiger partial charge in [-0.1, -0.05) is 18.2 Å². The number of hydrogen-bond acceptors (Lipinski definition) is 4. The molecule has 0 aliphatic carbocycles. The zero-order chi connectivity index (χ0) is 16.4. The zero-order valence-electron chi connectivity index (χ0n) is 12.3. The summed E-state index contributed by atoms with van der Waals surface area (Å²) in [6.45, 7) is 1.46. The molecule has 1 atom stereocenters. The number of nitrogens with zero attached hydrogens (tertiary/aromatic N) is 2. The molecule has 0 spiro atoms. The molecule has 0 saturated carbocycles. The van der Waals surface area contributed by atoms with E-state index in [0.29, 0.717) is 17.1 Å². The van der Waals surface area contributed by atoms with E-state index in [1.165, 1.54) is 17.9 Å². The molecule has 116 valence electrons. The van der Waals surface area contributed by atoms with E-state index in [1.807, 2.05) is 0 Å². The van der Waals surface area contributed by atoms with Gasteiger partial charge < -0.3 is 9.84 Å². The summed E-state index contributed by atoms with van der Waals surface area (Å²) in [7, 11) is 0. The number of carbonyl (C=O) groups excluding carboxylic acids is 1. The Labute approximate surface area is 132 Å². The predicted octanol–water partition coefficient (Wildman–Crippen LogP) is 2.32. The van der Waals surface area contributed by atoms with E-state index in [-0.39, 0.29) is 5.76 Å². The third-order valence-corrected chi connectivity index (χ3v) is 3.49. The minimum absolute atomic E-state index is 0.0375. The fraction of sp³-hybridized carbons (Fsp3) is 0.118. The Kier molecular flexibility index (Phi) is 3.80. The second-order valence-corrected chi connectivity index (χ2v) is 5.02. The van der Waals surface area contributed by atoms with Gasteiger partial charge >= 0.3 is 5.97 Å². The molecule has 23 heavy (non-hydrogen) atoms. The van der Waals surface area contributed by atoms with Crippen molar-refractivity contribution in [3.05, 3.63) is 60.1 Å².